The lowest BCUT2D eigenvalue weighted by molar-refractivity contribution is -0.384. The number of hydrogen-bond acceptors (Lipinski definition) is 6. The molecule has 3 N–H and O–H groups in total. The molecular weight excluding hydrogens is 418 g/mol. The van der Waals surface area contributed by atoms with Crippen LogP contribution >= 0.6 is 11.6 Å². The second kappa shape index (κ2) is 10.1. The minimum Gasteiger partial charge on any atom is -0.378 e. The van der Waals surface area contributed by atoms with E-state index < -0.39 is 14.8 Å². The number of hydrogen-bond donors (Lipinski definition) is 3. The van der Waals surface area contributed by atoms with Crippen molar-refractivity contribution in [2.24, 2.45) is 4.99 Å². The molecule has 0 saturated heterocycles. The zero-order chi connectivity index (χ0) is 21.4. The first kappa shape index (κ1) is 22.4. The van der Waals surface area contributed by atoms with Crippen LogP contribution in [0.5, 0.6) is 0 Å². The largest absolute Gasteiger partial charge is 0.378 e. The Balaban J connectivity index is 1.89. The van der Waals surface area contributed by atoms with Crippen molar-refractivity contribution in [3.63, 3.8) is 0 Å². The van der Waals surface area contributed by atoms with Gasteiger partial charge in [-0.25, -0.2) is 8.42 Å². The van der Waals surface area contributed by atoms with Crippen LogP contribution in [-0.2, 0) is 16.4 Å². The van der Waals surface area contributed by atoms with Crippen LogP contribution in [0, 0.1) is 10.1 Å². The predicted octanol–water partition coefficient (Wildman–Crippen LogP) is 2.43. The molecule has 0 unspecified atom stereocenters. The summed E-state index contributed by atoms with van der Waals surface area (Å²) in [6.45, 7) is 1.32. The van der Waals surface area contributed by atoms with E-state index in [1.54, 1.807) is 13.1 Å². The number of nitrogens with zero attached hydrogens (tertiary/aromatic N) is 2. The third-order valence-electron chi connectivity index (χ3n) is 3.90. The van der Waals surface area contributed by atoms with E-state index >= 15 is 0 Å². The number of nitro groups is 1. The molecule has 2 aromatic rings. The normalized spacial score (nSPS) is 11.8. The van der Waals surface area contributed by atoms with Crippen LogP contribution in [0.1, 0.15) is 5.56 Å². The zero-order valence-electron chi connectivity index (χ0n) is 16.0. The average Bonchev–Trinajstić information content (AvgIpc) is 2.66. The number of nitrogens with one attached hydrogen (secondary N) is 3. The summed E-state index contributed by atoms with van der Waals surface area (Å²) >= 11 is 5.96. The minimum atomic E-state index is -3.52. The van der Waals surface area contributed by atoms with Gasteiger partial charge in [-0.2, -0.15) is 0 Å². The van der Waals surface area contributed by atoms with Crippen LogP contribution in [0.3, 0.4) is 0 Å². The second-order valence-corrected chi connectivity index (χ2v) is 8.57. The van der Waals surface area contributed by atoms with Gasteiger partial charge in [-0.3, -0.25) is 15.1 Å². The topological polar surface area (TPSA) is 126 Å². The van der Waals surface area contributed by atoms with Gasteiger partial charge in [0.2, 0.25) is 0 Å². The van der Waals surface area contributed by atoms with Gasteiger partial charge >= 0.3 is 0 Å². The number of halogens is 1. The van der Waals surface area contributed by atoms with E-state index in [1.807, 2.05) is 18.2 Å². The third-order valence-corrected chi connectivity index (χ3v) is 5.24. The standard InChI is InChI=1S/C18H22ClN5O4S/c1-20-18(23-12-13-4-3-5-14(19)10-13)22-9-8-21-16-7-6-15(29(2,27)28)11-17(16)24(25)26/h3-7,10-11,21H,8-9,12H2,1-2H3,(H2,20,22,23). The fourth-order valence-electron chi connectivity index (χ4n) is 2.47. The summed E-state index contributed by atoms with van der Waals surface area (Å²) in [5.41, 5.74) is 0.947. The molecule has 0 aliphatic carbocycles. The van der Waals surface area contributed by atoms with E-state index in [2.05, 4.69) is 20.9 Å². The van der Waals surface area contributed by atoms with Crippen LogP contribution in [-0.4, -0.2) is 45.7 Å². The highest BCUT2D eigenvalue weighted by atomic mass is 35.5. The third kappa shape index (κ3) is 6.91. The van der Waals surface area contributed by atoms with Gasteiger partial charge in [-0.15, -0.1) is 0 Å². The molecule has 0 aliphatic rings. The maximum absolute atomic E-state index is 11.6. The molecule has 0 heterocycles. The predicted molar refractivity (Wildman–Crippen MR) is 114 cm³/mol. The molecule has 2 rings (SSSR count). The van der Waals surface area contributed by atoms with E-state index in [0.717, 1.165) is 17.9 Å². The summed E-state index contributed by atoms with van der Waals surface area (Å²) < 4.78 is 23.2. The van der Waals surface area contributed by atoms with Gasteiger partial charge in [-0.1, -0.05) is 23.7 Å². The van der Waals surface area contributed by atoms with Crippen molar-refractivity contribution >= 4 is 38.8 Å². The quantitative estimate of drug-likeness (QED) is 0.189. The van der Waals surface area contributed by atoms with Crippen molar-refractivity contribution in [3.8, 4) is 0 Å². The molecule has 0 spiro atoms. The highest BCUT2D eigenvalue weighted by Crippen LogP contribution is 2.27. The van der Waals surface area contributed by atoms with Crippen molar-refractivity contribution in [1.82, 2.24) is 10.6 Å². The van der Waals surface area contributed by atoms with Crippen molar-refractivity contribution in [2.45, 2.75) is 11.4 Å². The Morgan fingerprint density at radius 2 is 1.93 bits per heavy atom. The number of rotatable bonds is 8. The molecule has 0 atom stereocenters. The monoisotopic (exact) mass is 439 g/mol. The summed E-state index contributed by atoms with van der Waals surface area (Å²) in [5, 5.41) is 21.1. The van der Waals surface area contributed by atoms with E-state index in [4.69, 9.17) is 11.6 Å². The second-order valence-electron chi connectivity index (χ2n) is 6.12. The first-order valence-electron chi connectivity index (χ1n) is 8.62. The lowest BCUT2D eigenvalue weighted by atomic mass is 10.2. The van der Waals surface area contributed by atoms with Gasteiger partial charge in [0.05, 0.1) is 9.82 Å². The first-order valence-corrected chi connectivity index (χ1v) is 10.9. The minimum absolute atomic E-state index is 0.0986. The SMILES string of the molecule is CN=C(NCCNc1ccc(S(C)(=O)=O)cc1[N+](=O)[O-])NCc1cccc(Cl)c1. The zero-order valence-corrected chi connectivity index (χ0v) is 17.5. The lowest BCUT2D eigenvalue weighted by Gasteiger charge is -2.13. The summed E-state index contributed by atoms with van der Waals surface area (Å²) in [5.74, 6) is 0.564. The summed E-state index contributed by atoms with van der Waals surface area (Å²) in [6, 6.07) is 11.2. The molecule has 29 heavy (non-hydrogen) atoms. The van der Waals surface area contributed by atoms with Gasteiger partial charge in [0, 0.05) is 44.0 Å². The van der Waals surface area contributed by atoms with Crippen LogP contribution in [0.25, 0.3) is 0 Å². The van der Waals surface area contributed by atoms with Gasteiger partial charge in [-0.05, 0) is 29.8 Å². The fourth-order valence-corrected chi connectivity index (χ4v) is 3.33. The molecule has 0 fully saturated rings. The van der Waals surface area contributed by atoms with Crippen LogP contribution in [0.15, 0.2) is 52.4 Å². The number of nitro benzene ring substituents is 1. The lowest BCUT2D eigenvalue weighted by Crippen LogP contribution is -2.39. The molecular formula is C18H22ClN5O4S. The first-order chi connectivity index (χ1) is 13.7. The molecule has 0 radical (unpaired) electrons. The Morgan fingerprint density at radius 3 is 2.55 bits per heavy atom. The Bertz CT molecular complexity index is 1010. The molecule has 0 amide bonds. The maximum atomic E-state index is 11.6. The smallest absolute Gasteiger partial charge is 0.293 e. The van der Waals surface area contributed by atoms with Crippen molar-refractivity contribution < 1.29 is 13.3 Å². The van der Waals surface area contributed by atoms with Crippen LogP contribution in [0.4, 0.5) is 11.4 Å². The van der Waals surface area contributed by atoms with Crippen LogP contribution in [0.2, 0.25) is 5.02 Å². The van der Waals surface area contributed by atoms with Crippen molar-refractivity contribution in [1.29, 1.82) is 0 Å². The average molecular weight is 440 g/mol. The Morgan fingerprint density at radius 1 is 1.17 bits per heavy atom. The molecule has 9 nitrogen and oxygen atoms in total. The number of sulfone groups is 1. The van der Waals surface area contributed by atoms with Gasteiger partial charge < -0.3 is 16.0 Å². The molecule has 156 valence electrons. The summed E-state index contributed by atoms with van der Waals surface area (Å²) in [6.07, 6.45) is 1.01. The number of benzene rings is 2. The van der Waals surface area contributed by atoms with E-state index in [1.165, 1.54) is 12.1 Å². The number of anilines is 1. The summed E-state index contributed by atoms with van der Waals surface area (Å²) in [7, 11) is -1.89. The van der Waals surface area contributed by atoms with E-state index in [0.29, 0.717) is 30.6 Å². The maximum Gasteiger partial charge on any atom is 0.293 e. The van der Waals surface area contributed by atoms with E-state index in [9.17, 15) is 18.5 Å². The fraction of sp³-hybridized carbons (Fsp3) is 0.278. The molecule has 0 bridgehead atoms. The molecule has 0 aliphatic heterocycles. The number of guanidine groups is 1. The molecule has 0 aromatic heterocycles. The van der Waals surface area contributed by atoms with Gasteiger partial charge in [0.15, 0.2) is 15.8 Å². The Labute approximate surface area is 174 Å². The highest BCUT2D eigenvalue weighted by Gasteiger charge is 2.18. The number of aliphatic imine (C=N–C) groups is 1. The summed E-state index contributed by atoms with van der Waals surface area (Å²) in [4.78, 5) is 14.6. The van der Waals surface area contributed by atoms with Crippen LogP contribution < -0.4 is 16.0 Å². The van der Waals surface area contributed by atoms with Crippen molar-refractivity contribution in [3.05, 3.63) is 63.2 Å². The van der Waals surface area contributed by atoms with Gasteiger partial charge in [0.1, 0.15) is 5.69 Å². The Kier molecular flexibility index (Phi) is 7.80. The highest BCUT2D eigenvalue weighted by molar-refractivity contribution is 7.90. The molecule has 0 saturated carbocycles. The van der Waals surface area contributed by atoms with Crippen molar-refractivity contribution in [2.75, 3.05) is 31.7 Å². The molecule has 2 aromatic carbocycles. The van der Waals surface area contributed by atoms with Gasteiger partial charge in [0.25, 0.3) is 5.69 Å². The Hall–Kier alpha value is -2.85. The molecule has 11 heteroatoms. The van der Waals surface area contributed by atoms with E-state index in [-0.39, 0.29) is 16.3 Å².